The molecule has 0 aliphatic heterocycles. The van der Waals surface area contributed by atoms with Crippen molar-refractivity contribution in [2.45, 2.75) is 46.1 Å². The number of imidazole rings is 1. The maximum absolute atomic E-state index is 12.8. The summed E-state index contributed by atoms with van der Waals surface area (Å²) in [6.45, 7) is 4.58. The highest BCUT2D eigenvalue weighted by atomic mass is 19.4. The summed E-state index contributed by atoms with van der Waals surface area (Å²) < 4.78 is 42.1. The summed E-state index contributed by atoms with van der Waals surface area (Å²) in [4.78, 5) is 32.9. The third kappa shape index (κ3) is 4.39. The van der Waals surface area contributed by atoms with Crippen molar-refractivity contribution in [2.75, 3.05) is 0 Å². The fourth-order valence-electron chi connectivity index (χ4n) is 3.55. The Kier molecular flexibility index (Phi) is 6.15. The number of rotatable bonds is 5. The highest BCUT2D eigenvalue weighted by molar-refractivity contribution is 5.75. The number of hydrogen-bond donors (Lipinski definition) is 1. The number of nitrogens with one attached hydrogen (secondary N) is 1. The van der Waals surface area contributed by atoms with Gasteiger partial charge in [0.25, 0.3) is 5.56 Å². The number of aromatic amines is 1. The Balaban J connectivity index is 1.59. The second-order valence-electron chi connectivity index (χ2n) is 7.57. The van der Waals surface area contributed by atoms with Crippen LogP contribution in [0.15, 0.2) is 46.2 Å². The lowest BCUT2D eigenvalue weighted by Crippen LogP contribution is -2.39. The van der Waals surface area contributed by atoms with E-state index in [0.717, 1.165) is 12.1 Å². The quantitative estimate of drug-likeness (QED) is 0.454. The van der Waals surface area contributed by atoms with Crippen molar-refractivity contribution in [3.8, 4) is 23.2 Å². The van der Waals surface area contributed by atoms with E-state index in [2.05, 4.69) is 26.9 Å². The zero-order valence-electron chi connectivity index (χ0n) is 18.5. The van der Waals surface area contributed by atoms with Gasteiger partial charge in [-0.2, -0.15) is 18.3 Å². The number of hydrogen-bond acceptors (Lipinski definition) is 4. The van der Waals surface area contributed by atoms with Crippen molar-refractivity contribution in [1.29, 1.82) is 0 Å². The van der Waals surface area contributed by atoms with Gasteiger partial charge >= 0.3 is 11.9 Å². The molecule has 1 N–H and O–H groups in total. The van der Waals surface area contributed by atoms with Crippen LogP contribution >= 0.6 is 0 Å². The molecule has 0 unspecified atom stereocenters. The maximum atomic E-state index is 12.8. The lowest BCUT2D eigenvalue weighted by atomic mass is 10.1. The van der Waals surface area contributed by atoms with Gasteiger partial charge in [-0.15, -0.1) is 0 Å². The predicted octanol–water partition coefficient (Wildman–Crippen LogP) is 3.25. The van der Waals surface area contributed by atoms with E-state index >= 15 is 0 Å². The van der Waals surface area contributed by atoms with Gasteiger partial charge in [0, 0.05) is 24.8 Å². The van der Waals surface area contributed by atoms with Gasteiger partial charge in [-0.25, -0.2) is 9.78 Å². The summed E-state index contributed by atoms with van der Waals surface area (Å²) in [5.41, 5.74) is 0.0573. The number of benzene rings is 1. The van der Waals surface area contributed by atoms with Crippen LogP contribution in [0.5, 0.6) is 0 Å². The van der Waals surface area contributed by atoms with Crippen LogP contribution < -0.4 is 11.2 Å². The minimum absolute atomic E-state index is 0.199. The van der Waals surface area contributed by atoms with Gasteiger partial charge < -0.3 is 4.98 Å². The molecule has 0 aliphatic rings. The van der Waals surface area contributed by atoms with Crippen LogP contribution in [0.25, 0.3) is 22.6 Å². The van der Waals surface area contributed by atoms with Crippen molar-refractivity contribution in [3.63, 3.8) is 0 Å². The first-order chi connectivity index (χ1) is 16.2. The smallest absolute Gasteiger partial charge is 0.332 e. The minimum atomic E-state index is -4.39. The molecule has 0 aliphatic carbocycles. The topological polar surface area (TPSA) is 90.5 Å². The van der Waals surface area contributed by atoms with E-state index < -0.39 is 23.0 Å². The minimum Gasteiger partial charge on any atom is -0.332 e. The first-order valence-electron chi connectivity index (χ1n) is 10.6. The van der Waals surface area contributed by atoms with Gasteiger partial charge in [0.05, 0.1) is 17.3 Å². The molecule has 176 valence electrons. The summed E-state index contributed by atoms with van der Waals surface area (Å²) in [6.07, 6.45) is -0.511. The van der Waals surface area contributed by atoms with E-state index in [1.165, 1.54) is 21.3 Å². The molecule has 3 heterocycles. The Bertz CT molecular complexity index is 1510. The third-order valence-electron chi connectivity index (χ3n) is 5.22. The number of alkyl halides is 3. The molecule has 0 amide bonds. The second kappa shape index (κ2) is 9.05. The Morgan fingerprint density at radius 1 is 1.09 bits per heavy atom. The Labute approximate surface area is 191 Å². The Morgan fingerprint density at radius 3 is 2.47 bits per heavy atom. The van der Waals surface area contributed by atoms with Gasteiger partial charge in [-0.3, -0.25) is 18.6 Å². The number of fused-ring (bicyclic) bond motifs is 1. The predicted molar refractivity (Wildman–Crippen MR) is 120 cm³/mol. The monoisotopic (exact) mass is 470 g/mol. The van der Waals surface area contributed by atoms with Crippen LogP contribution in [0.3, 0.4) is 0 Å². The van der Waals surface area contributed by atoms with Gasteiger partial charge in [-0.1, -0.05) is 18.8 Å². The second-order valence-corrected chi connectivity index (χ2v) is 7.57. The number of H-pyrrole nitrogens is 1. The number of halogens is 3. The normalized spacial score (nSPS) is 11.6. The maximum Gasteiger partial charge on any atom is 0.416 e. The van der Waals surface area contributed by atoms with Gasteiger partial charge in [0.1, 0.15) is 17.9 Å². The molecule has 3 aromatic heterocycles. The summed E-state index contributed by atoms with van der Waals surface area (Å²) >= 11 is 0. The highest BCUT2D eigenvalue weighted by Crippen LogP contribution is 2.28. The lowest BCUT2D eigenvalue weighted by molar-refractivity contribution is -0.137. The standard InChI is InChI=1S/C23H21F3N6O2/c1-3-11-32-21(33)18-20(31(4-2)22(32)34)29-19(28-18)16-13-27-30(14-16)12-5-6-15-7-9-17(10-8-15)23(24,25)26/h7-10,13-14H,3-4,11-12H2,1-2H3,(H,28,29). The average Bonchev–Trinajstić information content (AvgIpc) is 3.44. The molecule has 4 rings (SSSR count). The van der Waals surface area contributed by atoms with Crippen molar-refractivity contribution < 1.29 is 13.2 Å². The first kappa shape index (κ1) is 23.1. The molecule has 34 heavy (non-hydrogen) atoms. The van der Waals surface area contributed by atoms with E-state index in [9.17, 15) is 22.8 Å². The van der Waals surface area contributed by atoms with Crippen molar-refractivity contribution >= 4 is 11.2 Å². The summed E-state index contributed by atoms with van der Waals surface area (Å²) in [5, 5.41) is 4.22. The summed E-state index contributed by atoms with van der Waals surface area (Å²) in [7, 11) is 0. The summed E-state index contributed by atoms with van der Waals surface area (Å²) in [5.74, 6) is 6.06. The zero-order chi connectivity index (χ0) is 24.5. The average molecular weight is 470 g/mol. The molecule has 0 atom stereocenters. The van der Waals surface area contributed by atoms with Crippen LogP contribution in [-0.2, 0) is 25.8 Å². The van der Waals surface area contributed by atoms with Crippen LogP contribution in [0.4, 0.5) is 13.2 Å². The molecular formula is C23H21F3N6O2. The molecule has 8 nitrogen and oxygen atoms in total. The highest BCUT2D eigenvalue weighted by Gasteiger charge is 2.29. The number of aryl methyl sites for hydroxylation is 1. The van der Waals surface area contributed by atoms with Gasteiger partial charge in [-0.05, 0) is 37.6 Å². The van der Waals surface area contributed by atoms with E-state index in [1.807, 2.05) is 13.8 Å². The van der Waals surface area contributed by atoms with E-state index in [1.54, 1.807) is 17.1 Å². The molecule has 0 saturated carbocycles. The Morgan fingerprint density at radius 2 is 1.82 bits per heavy atom. The van der Waals surface area contributed by atoms with Crippen molar-refractivity contribution in [1.82, 2.24) is 28.9 Å². The number of nitrogens with zero attached hydrogens (tertiary/aromatic N) is 5. The molecule has 0 bridgehead atoms. The molecule has 0 radical (unpaired) electrons. The van der Waals surface area contributed by atoms with Gasteiger partial charge in [0.15, 0.2) is 5.65 Å². The number of aromatic nitrogens is 6. The van der Waals surface area contributed by atoms with E-state index in [0.29, 0.717) is 36.5 Å². The molecule has 1 aromatic carbocycles. The third-order valence-corrected chi connectivity index (χ3v) is 5.22. The largest absolute Gasteiger partial charge is 0.416 e. The molecule has 4 aromatic rings. The van der Waals surface area contributed by atoms with Crippen LogP contribution in [0.1, 0.15) is 31.4 Å². The molecule has 0 saturated heterocycles. The van der Waals surface area contributed by atoms with Crippen LogP contribution in [-0.4, -0.2) is 28.9 Å². The SMILES string of the molecule is CCCn1c(=O)c2[nH]c(-c3cnn(CC#Cc4ccc(C(F)(F)F)cc4)c3)nc2n(CC)c1=O. The van der Waals surface area contributed by atoms with E-state index in [4.69, 9.17) is 0 Å². The first-order valence-corrected chi connectivity index (χ1v) is 10.6. The summed E-state index contributed by atoms with van der Waals surface area (Å²) in [6, 6.07) is 4.61. The van der Waals surface area contributed by atoms with Crippen LogP contribution in [0, 0.1) is 11.8 Å². The molecule has 0 spiro atoms. The van der Waals surface area contributed by atoms with Gasteiger partial charge in [0.2, 0.25) is 0 Å². The Hall–Kier alpha value is -4.07. The fourth-order valence-corrected chi connectivity index (χ4v) is 3.55. The van der Waals surface area contributed by atoms with Crippen molar-refractivity contribution in [2.24, 2.45) is 0 Å². The zero-order valence-corrected chi connectivity index (χ0v) is 18.5. The molecule has 11 heteroatoms. The molecule has 0 fully saturated rings. The lowest BCUT2D eigenvalue weighted by Gasteiger charge is -2.07. The van der Waals surface area contributed by atoms with Crippen molar-refractivity contribution in [3.05, 3.63) is 68.6 Å². The molecular weight excluding hydrogens is 449 g/mol. The van der Waals surface area contributed by atoms with Crippen LogP contribution in [0.2, 0.25) is 0 Å². The van der Waals surface area contributed by atoms with E-state index in [-0.39, 0.29) is 17.7 Å². The fraction of sp³-hybridized carbons (Fsp3) is 0.304.